The van der Waals surface area contributed by atoms with Crippen molar-refractivity contribution in [2.45, 2.75) is 19.6 Å². The van der Waals surface area contributed by atoms with Crippen molar-refractivity contribution in [2.24, 2.45) is 0 Å². The molecule has 0 spiro atoms. The Bertz CT molecular complexity index is 522. The molecule has 0 aliphatic carbocycles. The zero-order chi connectivity index (χ0) is 12.4. The molecule has 0 saturated heterocycles. The van der Waals surface area contributed by atoms with E-state index < -0.39 is 11.9 Å². The molecule has 1 aromatic heterocycles. The third-order valence-corrected chi connectivity index (χ3v) is 2.94. The van der Waals surface area contributed by atoms with Crippen molar-refractivity contribution in [3.63, 3.8) is 0 Å². The van der Waals surface area contributed by atoms with E-state index in [1.807, 2.05) is 22.9 Å². The van der Waals surface area contributed by atoms with Crippen LogP contribution in [0.3, 0.4) is 0 Å². The summed E-state index contributed by atoms with van der Waals surface area (Å²) in [6, 6.07) is 8.43. The molecule has 1 unspecified atom stereocenters. The Morgan fingerprint density at radius 3 is 2.82 bits per heavy atom. The first-order valence-electron chi connectivity index (χ1n) is 5.35. The van der Waals surface area contributed by atoms with Crippen molar-refractivity contribution in [1.82, 2.24) is 4.57 Å². The normalized spacial score (nSPS) is 12.7. The van der Waals surface area contributed by atoms with Crippen molar-refractivity contribution >= 4 is 11.6 Å². The molecule has 1 N–H and O–H groups in total. The van der Waals surface area contributed by atoms with E-state index in [2.05, 4.69) is 0 Å². The zero-order valence-electron chi connectivity index (χ0n) is 9.40. The summed E-state index contributed by atoms with van der Waals surface area (Å²) in [5.41, 5.74) is 1.62. The molecule has 90 valence electrons. The van der Waals surface area contributed by atoms with Crippen LogP contribution in [0.25, 0.3) is 0 Å². The minimum absolute atomic E-state index is 0.122. The van der Waals surface area contributed by atoms with Crippen LogP contribution in [0.2, 0.25) is 5.02 Å². The van der Waals surface area contributed by atoms with Crippen LogP contribution in [0.1, 0.15) is 24.3 Å². The van der Waals surface area contributed by atoms with Gasteiger partial charge in [-0.1, -0.05) is 17.7 Å². The molecular weight excluding hydrogens is 241 g/mol. The highest BCUT2D eigenvalue weighted by Crippen LogP contribution is 2.18. The fourth-order valence-corrected chi connectivity index (χ4v) is 1.90. The van der Waals surface area contributed by atoms with E-state index in [1.54, 1.807) is 13.0 Å². The van der Waals surface area contributed by atoms with Crippen LogP contribution in [0, 0.1) is 5.82 Å². The quantitative estimate of drug-likeness (QED) is 0.891. The topological polar surface area (TPSA) is 25.2 Å². The highest BCUT2D eigenvalue weighted by Gasteiger charge is 2.08. The third kappa shape index (κ3) is 2.68. The first kappa shape index (κ1) is 12.1. The number of hydrogen-bond acceptors (Lipinski definition) is 1. The fraction of sp³-hybridized carbons (Fsp3) is 0.231. The molecule has 0 aliphatic heterocycles. The number of nitrogens with zero attached hydrogens (tertiary/aromatic N) is 1. The first-order chi connectivity index (χ1) is 8.08. The van der Waals surface area contributed by atoms with Crippen molar-refractivity contribution in [2.75, 3.05) is 0 Å². The minimum Gasteiger partial charge on any atom is -0.387 e. The largest absolute Gasteiger partial charge is 0.387 e. The SMILES string of the molecule is CC(O)c1cccn1Cc1ccc(Cl)c(F)c1. The van der Waals surface area contributed by atoms with E-state index in [0.29, 0.717) is 6.54 Å². The highest BCUT2D eigenvalue weighted by molar-refractivity contribution is 6.30. The molecular formula is C13H13ClFNO. The smallest absolute Gasteiger partial charge is 0.142 e. The van der Waals surface area contributed by atoms with Gasteiger partial charge in [0.25, 0.3) is 0 Å². The Hall–Kier alpha value is -1.32. The number of benzene rings is 1. The standard InChI is InChI=1S/C13H13ClFNO/c1-9(17)13-3-2-6-16(13)8-10-4-5-11(14)12(15)7-10/h2-7,9,17H,8H2,1H3. The highest BCUT2D eigenvalue weighted by atomic mass is 35.5. The van der Waals surface area contributed by atoms with Crippen LogP contribution in [-0.4, -0.2) is 9.67 Å². The lowest BCUT2D eigenvalue weighted by atomic mass is 10.2. The minimum atomic E-state index is -0.540. The van der Waals surface area contributed by atoms with Crippen molar-refractivity contribution in [3.8, 4) is 0 Å². The van der Waals surface area contributed by atoms with Crippen LogP contribution in [0.5, 0.6) is 0 Å². The molecule has 2 aromatic rings. The molecule has 0 bridgehead atoms. The van der Waals surface area contributed by atoms with E-state index in [1.165, 1.54) is 12.1 Å². The molecule has 1 aromatic carbocycles. The van der Waals surface area contributed by atoms with Gasteiger partial charge in [0.1, 0.15) is 5.82 Å². The van der Waals surface area contributed by atoms with Gasteiger partial charge in [-0.2, -0.15) is 0 Å². The van der Waals surface area contributed by atoms with Gasteiger partial charge < -0.3 is 9.67 Å². The second kappa shape index (κ2) is 4.90. The average molecular weight is 254 g/mol. The Labute approximate surface area is 104 Å². The van der Waals surface area contributed by atoms with Crippen LogP contribution < -0.4 is 0 Å². The zero-order valence-corrected chi connectivity index (χ0v) is 10.2. The lowest BCUT2D eigenvalue weighted by Gasteiger charge is -2.11. The molecule has 1 heterocycles. The molecule has 2 nitrogen and oxygen atoms in total. The summed E-state index contributed by atoms with van der Waals surface area (Å²) < 4.78 is 15.2. The summed E-state index contributed by atoms with van der Waals surface area (Å²) in [5.74, 6) is -0.421. The lowest BCUT2D eigenvalue weighted by molar-refractivity contribution is 0.190. The number of halogens is 2. The maximum Gasteiger partial charge on any atom is 0.142 e. The maximum absolute atomic E-state index is 13.3. The van der Waals surface area contributed by atoms with Gasteiger partial charge in [-0.05, 0) is 36.8 Å². The summed E-state index contributed by atoms with van der Waals surface area (Å²) >= 11 is 5.62. The van der Waals surface area contributed by atoms with Crippen molar-refractivity contribution in [1.29, 1.82) is 0 Å². The van der Waals surface area contributed by atoms with E-state index in [4.69, 9.17) is 11.6 Å². The van der Waals surface area contributed by atoms with E-state index in [9.17, 15) is 9.50 Å². The van der Waals surface area contributed by atoms with Crippen LogP contribution in [-0.2, 0) is 6.54 Å². The summed E-state index contributed by atoms with van der Waals surface area (Å²) in [7, 11) is 0. The summed E-state index contributed by atoms with van der Waals surface area (Å²) in [4.78, 5) is 0. The number of hydrogen-bond donors (Lipinski definition) is 1. The monoisotopic (exact) mass is 253 g/mol. The van der Waals surface area contributed by atoms with Gasteiger partial charge in [-0.3, -0.25) is 0 Å². The predicted octanol–water partition coefficient (Wildman–Crippen LogP) is 3.38. The Morgan fingerprint density at radius 1 is 1.41 bits per heavy atom. The van der Waals surface area contributed by atoms with E-state index >= 15 is 0 Å². The second-order valence-electron chi connectivity index (χ2n) is 3.99. The number of aliphatic hydroxyl groups is 1. The van der Waals surface area contributed by atoms with Crippen LogP contribution in [0.15, 0.2) is 36.5 Å². The number of rotatable bonds is 3. The van der Waals surface area contributed by atoms with E-state index in [-0.39, 0.29) is 5.02 Å². The van der Waals surface area contributed by atoms with Gasteiger partial charge in [0.2, 0.25) is 0 Å². The summed E-state index contributed by atoms with van der Waals surface area (Å²) in [6.07, 6.45) is 1.32. The fourth-order valence-electron chi connectivity index (χ4n) is 1.79. The Morgan fingerprint density at radius 2 is 2.18 bits per heavy atom. The maximum atomic E-state index is 13.3. The summed E-state index contributed by atoms with van der Waals surface area (Å²) in [6.45, 7) is 2.22. The summed E-state index contributed by atoms with van der Waals surface area (Å²) in [5, 5.41) is 9.68. The molecule has 0 amide bonds. The number of aromatic nitrogens is 1. The Balaban J connectivity index is 2.25. The molecule has 0 fully saturated rings. The molecule has 0 saturated carbocycles. The van der Waals surface area contributed by atoms with Gasteiger partial charge in [-0.15, -0.1) is 0 Å². The number of aliphatic hydroxyl groups excluding tert-OH is 1. The predicted molar refractivity (Wildman–Crippen MR) is 65.6 cm³/mol. The van der Waals surface area contributed by atoms with Crippen molar-refractivity contribution < 1.29 is 9.50 Å². The molecule has 1 atom stereocenters. The van der Waals surface area contributed by atoms with Gasteiger partial charge in [-0.25, -0.2) is 4.39 Å². The van der Waals surface area contributed by atoms with Gasteiger partial charge in [0, 0.05) is 18.4 Å². The van der Waals surface area contributed by atoms with Gasteiger partial charge >= 0.3 is 0 Å². The molecule has 4 heteroatoms. The van der Waals surface area contributed by atoms with E-state index in [0.717, 1.165) is 11.3 Å². The van der Waals surface area contributed by atoms with Crippen LogP contribution >= 0.6 is 11.6 Å². The second-order valence-corrected chi connectivity index (χ2v) is 4.39. The Kier molecular flexibility index (Phi) is 3.50. The third-order valence-electron chi connectivity index (χ3n) is 2.63. The van der Waals surface area contributed by atoms with Gasteiger partial charge in [0.05, 0.1) is 11.1 Å². The van der Waals surface area contributed by atoms with Crippen molar-refractivity contribution in [3.05, 3.63) is 58.6 Å². The lowest BCUT2D eigenvalue weighted by Crippen LogP contribution is -2.06. The molecule has 0 radical (unpaired) electrons. The molecule has 0 aliphatic rings. The van der Waals surface area contributed by atoms with Gasteiger partial charge in [0.15, 0.2) is 0 Å². The first-order valence-corrected chi connectivity index (χ1v) is 5.73. The molecule has 2 rings (SSSR count). The molecule has 17 heavy (non-hydrogen) atoms. The average Bonchev–Trinajstić information content (AvgIpc) is 2.72. The van der Waals surface area contributed by atoms with Crippen LogP contribution in [0.4, 0.5) is 4.39 Å².